The van der Waals surface area contributed by atoms with Crippen molar-refractivity contribution in [1.29, 1.82) is 0 Å². The van der Waals surface area contributed by atoms with Crippen LogP contribution in [-0.4, -0.2) is 18.3 Å². The molecule has 0 heterocycles. The largest absolute Gasteiger partial charge is 0.484 e. The molecular formula is C16H18BrNO2. The van der Waals surface area contributed by atoms with Gasteiger partial charge in [0.15, 0.2) is 0 Å². The lowest BCUT2D eigenvalue weighted by Crippen LogP contribution is -2.19. The number of rotatable bonds is 6. The molecule has 2 rings (SSSR count). The van der Waals surface area contributed by atoms with Crippen molar-refractivity contribution in [3.8, 4) is 5.75 Å². The molecule has 0 spiro atoms. The molecule has 0 radical (unpaired) electrons. The molecule has 0 saturated heterocycles. The van der Waals surface area contributed by atoms with Gasteiger partial charge in [0, 0.05) is 17.6 Å². The summed E-state index contributed by atoms with van der Waals surface area (Å²) in [5.41, 5.74) is 7.85. The SMILES string of the molecule is NCC(Oc1ccccc1CCO)c1cccc(Br)c1. The average molecular weight is 336 g/mol. The van der Waals surface area contributed by atoms with Crippen molar-refractivity contribution >= 4 is 15.9 Å². The number of para-hydroxylation sites is 1. The highest BCUT2D eigenvalue weighted by atomic mass is 79.9. The van der Waals surface area contributed by atoms with E-state index < -0.39 is 0 Å². The Morgan fingerprint density at radius 3 is 2.65 bits per heavy atom. The summed E-state index contributed by atoms with van der Waals surface area (Å²) in [7, 11) is 0. The first-order valence-corrected chi connectivity index (χ1v) is 7.35. The quantitative estimate of drug-likeness (QED) is 0.852. The predicted octanol–water partition coefficient (Wildman–Crippen LogP) is 3.06. The maximum atomic E-state index is 9.10. The summed E-state index contributed by atoms with van der Waals surface area (Å²) >= 11 is 3.45. The molecule has 3 N–H and O–H groups in total. The molecule has 2 aromatic carbocycles. The number of aliphatic hydroxyl groups excluding tert-OH is 1. The summed E-state index contributed by atoms with van der Waals surface area (Å²) in [6.45, 7) is 0.495. The molecule has 4 heteroatoms. The zero-order valence-corrected chi connectivity index (χ0v) is 12.7. The van der Waals surface area contributed by atoms with E-state index in [-0.39, 0.29) is 12.7 Å². The molecule has 0 fully saturated rings. The molecule has 0 bridgehead atoms. The Morgan fingerprint density at radius 2 is 1.95 bits per heavy atom. The zero-order valence-electron chi connectivity index (χ0n) is 11.1. The van der Waals surface area contributed by atoms with Crippen molar-refractivity contribution in [2.24, 2.45) is 5.73 Å². The highest BCUT2D eigenvalue weighted by Gasteiger charge is 2.13. The fourth-order valence-electron chi connectivity index (χ4n) is 2.06. The molecule has 1 atom stereocenters. The standard InChI is InChI=1S/C16H18BrNO2/c17-14-6-3-5-13(10-14)16(11-18)20-15-7-2-1-4-12(15)8-9-19/h1-7,10,16,19H,8-9,11,18H2. The average Bonchev–Trinajstić information content (AvgIpc) is 2.46. The third kappa shape index (κ3) is 3.82. The number of benzene rings is 2. The van der Waals surface area contributed by atoms with Crippen LogP contribution in [0.25, 0.3) is 0 Å². The van der Waals surface area contributed by atoms with Crippen molar-refractivity contribution in [2.45, 2.75) is 12.5 Å². The van der Waals surface area contributed by atoms with Crippen LogP contribution in [0.4, 0.5) is 0 Å². The summed E-state index contributed by atoms with van der Waals surface area (Å²) in [6.07, 6.45) is 0.374. The van der Waals surface area contributed by atoms with Crippen LogP contribution >= 0.6 is 15.9 Å². The van der Waals surface area contributed by atoms with Crippen molar-refractivity contribution in [2.75, 3.05) is 13.2 Å². The van der Waals surface area contributed by atoms with Gasteiger partial charge in [0.2, 0.25) is 0 Å². The molecule has 0 saturated carbocycles. The number of nitrogens with two attached hydrogens (primary N) is 1. The predicted molar refractivity (Wildman–Crippen MR) is 83.8 cm³/mol. The van der Waals surface area contributed by atoms with E-state index in [1.165, 1.54) is 0 Å². The van der Waals surface area contributed by atoms with Gasteiger partial charge in [0.1, 0.15) is 11.9 Å². The highest BCUT2D eigenvalue weighted by Crippen LogP contribution is 2.26. The van der Waals surface area contributed by atoms with Crippen LogP contribution in [0.3, 0.4) is 0 Å². The lowest BCUT2D eigenvalue weighted by atomic mass is 10.1. The summed E-state index contributed by atoms with van der Waals surface area (Å²) in [6, 6.07) is 15.7. The second kappa shape index (κ2) is 7.43. The smallest absolute Gasteiger partial charge is 0.136 e. The van der Waals surface area contributed by atoms with Gasteiger partial charge in [-0.05, 0) is 35.7 Å². The van der Waals surface area contributed by atoms with Crippen molar-refractivity contribution in [3.05, 3.63) is 64.1 Å². The van der Waals surface area contributed by atoms with E-state index in [1.807, 2.05) is 48.5 Å². The van der Waals surface area contributed by atoms with E-state index in [0.717, 1.165) is 21.3 Å². The van der Waals surface area contributed by atoms with Crippen LogP contribution in [0.5, 0.6) is 5.75 Å². The van der Waals surface area contributed by atoms with Gasteiger partial charge in [0.25, 0.3) is 0 Å². The Hall–Kier alpha value is -1.36. The number of aliphatic hydroxyl groups is 1. The Kier molecular flexibility index (Phi) is 5.59. The molecule has 2 aromatic rings. The molecule has 0 aliphatic rings. The molecule has 106 valence electrons. The summed E-state index contributed by atoms with van der Waals surface area (Å²) in [5, 5.41) is 9.10. The normalized spacial score (nSPS) is 12.2. The summed E-state index contributed by atoms with van der Waals surface area (Å²) in [4.78, 5) is 0. The molecular weight excluding hydrogens is 318 g/mol. The van der Waals surface area contributed by atoms with Gasteiger partial charge in [-0.25, -0.2) is 0 Å². The van der Waals surface area contributed by atoms with Crippen LogP contribution < -0.4 is 10.5 Å². The number of hydrogen-bond acceptors (Lipinski definition) is 3. The van der Waals surface area contributed by atoms with Crippen LogP contribution in [0.15, 0.2) is 53.0 Å². The number of ether oxygens (including phenoxy) is 1. The van der Waals surface area contributed by atoms with Crippen LogP contribution in [0.2, 0.25) is 0 Å². The fourth-order valence-corrected chi connectivity index (χ4v) is 2.48. The molecule has 0 aliphatic heterocycles. The van der Waals surface area contributed by atoms with E-state index in [1.54, 1.807) is 0 Å². The monoisotopic (exact) mass is 335 g/mol. The zero-order chi connectivity index (χ0) is 14.4. The van der Waals surface area contributed by atoms with E-state index in [9.17, 15) is 0 Å². The highest BCUT2D eigenvalue weighted by molar-refractivity contribution is 9.10. The first-order chi connectivity index (χ1) is 9.74. The number of halogens is 1. The van der Waals surface area contributed by atoms with Crippen LogP contribution in [-0.2, 0) is 6.42 Å². The van der Waals surface area contributed by atoms with E-state index in [2.05, 4.69) is 15.9 Å². The van der Waals surface area contributed by atoms with Gasteiger partial charge in [-0.2, -0.15) is 0 Å². The van der Waals surface area contributed by atoms with Crippen LogP contribution in [0, 0.1) is 0 Å². The van der Waals surface area contributed by atoms with E-state index in [0.29, 0.717) is 13.0 Å². The topological polar surface area (TPSA) is 55.5 Å². The second-order valence-corrected chi connectivity index (χ2v) is 5.39. The minimum Gasteiger partial charge on any atom is -0.484 e. The minimum absolute atomic E-state index is 0.102. The molecule has 0 aromatic heterocycles. The Labute approximate surface area is 127 Å². The Bertz CT molecular complexity index is 560. The van der Waals surface area contributed by atoms with Crippen LogP contribution in [0.1, 0.15) is 17.2 Å². The van der Waals surface area contributed by atoms with Gasteiger partial charge >= 0.3 is 0 Å². The lowest BCUT2D eigenvalue weighted by molar-refractivity contribution is 0.210. The van der Waals surface area contributed by atoms with Crippen molar-refractivity contribution in [3.63, 3.8) is 0 Å². The minimum atomic E-state index is -0.202. The van der Waals surface area contributed by atoms with Gasteiger partial charge in [-0.15, -0.1) is 0 Å². The third-order valence-corrected chi connectivity index (χ3v) is 3.55. The Morgan fingerprint density at radius 1 is 1.15 bits per heavy atom. The van der Waals surface area contributed by atoms with Crippen molar-refractivity contribution < 1.29 is 9.84 Å². The van der Waals surface area contributed by atoms with E-state index in [4.69, 9.17) is 15.6 Å². The molecule has 1 unspecified atom stereocenters. The molecule has 20 heavy (non-hydrogen) atoms. The lowest BCUT2D eigenvalue weighted by Gasteiger charge is -2.20. The fraction of sp³-hybridized carbons (Fsp3) is 0.250. The maximum Gasteiger partial charge on any atom is 0.136 e. The van der Waals surface area contributed by atoms with Crippen molar-refractivity contribution in [1.82, 2.24) is 0 Å². The third-order valence-electron chi connectivity index (χ3n) is 3.06. The first-order valence-electron chi connectivity index (χ1n) is 6.55. The molecule has 0 aliphatic carbocycles. The molecule has 3 nitrogen and oxygen atoms in total. The second-order valence-electron chi connectivity index (χ2n) is 4.48. The van der Waals surface area contributed by atoms with Gasteiger partial charge in [-0.1, -0.05) is 46.3 Å². The van der Waals surface area contributed by atoms with E-state index >= 15 is 0 Å². The summed E-state index contributed by atoms with van der Waals surface area (Å²) < 4.78 is 7.03. The van der Waals surface area contributed by atoms with Gasteiger partial charge in [-0.3, -0.25) is 0 Å². The summed E-state index contributed by atoms with van der Waals surface area (Å²) in [5.74, 6) is 0.775. The number of hydrogen-bond donors (Lipinski definition) is 2. The maximum absolute atomic E-state index is 9.10. The first kappa shape index (κ1) is 15.0. The Balaban J connectivity index is 2.22. The molecule has 0 amide bonds. The van der Waals surface area contributed by atoms with Gasteiger partial charge < -0.3 is 15.6 Å². The van der Waals surface area contributed by atoms with Gasteiger partial charge in [0.05, 0.1) is 0 Å².